The van der Waals surface area contributed by atoms with Gasteiger partial charge in [0, 0.05) is 6.20 Å². The van der Waals surface area contributed by atoms with Crippen LogP contribution in [0.5, 0.6) is 0 Å². The molecular formula is C13H11N3S. The van der Waals surface area contributed by atoms with Gasteiger partial charge < -0.3 is 0 Å². The number of hydrogen-bond acceptors (Lipinski definition) is 4. The number of aryl methyl sites for hydroxylation is 1. The molecule has 17 heavy (non-hydrogen) atoms. The van der Waals surface area contributed by atoms with Gasteiger partial charge in [-0.05, 0) is 37.5 Å². The summed E-state index contributed by atoms with van der Waals surface area (Å²) in [6, 6.07) is 6.40. The second-order valence-corrected chi connectivity index (χ2v) is 5.25. The van der Waals surface area contributed by atoms with E-state index in [2.05, 4.69) is 16.0 Å². The number of rotatable bonds is 2. The maximum atomic E-state index is 9.19. The minimum Gasteiger partial charge on any atom is -0.260 e. The van der Waals surface area contributed by atoms with E-state index in [1.165, 1.54) is 4.88 Å². The molecule has 0 aliphatic heterocycles. The highest BCUT2D eigenvalue weighted by Crippen LogP contribution is 2.47. The Bertz CT molecular complexity index is 605. The molecule has 0 radical (unpaired) electrons. The van der Waals surface area contributed by atoms with Gasteiger partial charge in [-0.3, -0.25) is 4.98 Å². The van der Waals surface area contributed by atoms with E-state index in [1.54, 1.807) is 17.5 Å². The van der Waals surface area contributed by atoms with Gasteiger partial charge in [0.05, 0.1) is 33.3 Å². The molecular weight excluding hydrogens is 230 g/mol. The van der Waals surface area contributed by atoms with Gasteiger partial charge >= 0.3 is 0 Å². The monoisotopic (exact) mass is 241 g/mol. The minimum atomic E-state index is -0.311. The summed E-state index contributed by atoms with van der Waals surface area (Å²) in [6.45, 7) is 2.00. The first-order valence-electron chi connectivity index (χ1n) is 5.53. The maximum Gasteiger partial charge on any atom is 0.0994 e. The van der Waals surface area contributed by atoms with Gasteiger partial charge in [-0.2, -0.15) is 5.26 Å². The zero-order valence-electron chi connectivity index (χ0n) is 9.47. The second-order valence-electron chi connectivity index (χ2n) is 4.39. The van der Waals surface area contributed by atoms with E-state index in [0.29, 0.717) is 0 Å². The van der Waals surface area contributed by atoms with Crippen molar-refractivity contribution in [2.24, 2.45) is 0 Å². The summed E-state index contributed by atoms with van der Waals surface area (Å²) in [6.07, 6.45) is 3.66. The quantitative estimate of drug-likeness (QED) is 0.811. The Morgan fingerprint density at radius 2 is 2.24 bits per heavy atom. The van der Waals surface area contributed by atoms with E-state index < -0.39 is 0 Å². The van der Waals surface area contributed by atoms with Crippen molar-refractivity contribution >= 4 is 11.3 Å². The normalized spacial score (nSPS) is 16.5. The summed E-state index contributed by atoms with van der Waals surface area (Å²) in [5.74, 6) is 0. The van der Waals surface area contributed by atoms with Crippen LogP contribution in [0, 0.1) is 18.3 Å². The summed E-state index contributed by atoms with van der Waals surface area (Å²) in [4.78, 5) is 9.77. The average molecular weight is 241 g/mol. The van der Waals surface area contributed by atoms with Gasteiger partial charge in [0.2, 0.25) is 0 Å². The SMILES string of the molecule is Cc1ncsc1-c1ccnc(C2(C#N)CC2)c1. The van der Waals surface area contributed by atoms with E-state index >= 15 is 0 Å². The van der Waals surface area contributed by atoms with E-state index in [-0.39, 0.29) is 5.41 Å². The van der Waals surface area contributed by atoms with Crippen LogP contribution in [0.25, 0.3) is 10.4 Å². The fourth-order valence-corrected chi connectivity index (χ4v) is 2.77. The van der Waals surface area contributed by atoms with Crippen LogP contribution in [0.4, 0.5) is 0 Å². The fraction of sp³-hybridized carbons (Fsp3) is 0.308. The van der Waals surface area contributed by atoms with Crippen LogP contribution in [0.15, 0.2) is 23.8 Å². The second kappa shape index (κ2) is 3.64. The van der Waals surface area contributed by atoms with Crippen molar-refractivity contribution in [3.05, 3.63) is 35.2 Å². The molecule has 0 saturated heterocycles. The molecule has 3 nitrogen and oxygen atoms in total. The third-order valence-corrected chi connectivity index (χ3v) is 4.20. The summed E-state index contributed by atoms with van der Waals surface area (Å²) in [5, 5.41) is 9.19. The van der Waals surface area contributed by atoms with Crippen LogP contribution in [-0.2, 0) is 5.41 Å². The molecule has 0 N–H and O–H groups in total. The number of hydrogen-bond donors (Lipinski definition) is 0. The fourth-order valence-electron chi connectivity index (χ4n) is 1.96. The van der Waals surface area contributed by atoms with Crippen molar-refractivity contribution in [3.63, 3.8) is 0 Å². The van der Waals surface area contributed by atoms with E-state index in [9.17, 15) is 5.26 Å². The number of nitriles is 1. The Balaban J connectivity index is 2.07. The standard InChI is InChI=1S/C13H11N3S/c1-9-12(17-8-16-9)10-2-5-15-11(6-10)13(7-14)3-4-13/h2,5-6,8H,3-4H2,1H3. The van der Waals surface area contributed by atoms with Crippen molar-refractivity contribution in [3.8, 4) is 16.5 Å². The predicted octanol–water partition coefficient (Wildman–Crippen LogP) is 3.07. The van der Waals surface area contributed by atoms with Crippen LogP contribution in [-0.4, -0.2) is 9.97 Å². The van der Waals surface area contributed by atoms with Gasteiger partial charge in [-0.15, -0.1) is 11.3 Å². The lowest BCUT2D eigenvalue weighted by molar-refractivity contribution is 0.855. The number of nitrogens with zero attached hydrogens (tertiary/aromatic N) is 3. The molecule has 0 bridgehead atoms. The Morgan fingerprint density at radius 3 is 2.82 bits per heavy atom. The molecule has 1 aliphatic carbocycles. The molecule has 2 aromatic rings. The zero-order chi connectivity index (χ0) is 11.9. The highest BCUT2D eigenvalue weighted by molar-refractivity contribution is 7.13. The van der Waals surface area contributed by atoms with Gasteiger partial charge in [-0.25, -0.2) is 4.98 Å². The summed E-state index contributed by atoms with van der Waals surface area (Å²) >= 11 is 1.63. The Labute approximate surface area is 104 Å². The van der Waals surface area contributed by atoms with Crippen LogP contribution in [0.1, 0.15) is 24.2 Å². The van der Waals surface area contributed by atoms with Crippen molar-refractivity contribution in [1.29, 1.82) is 5.26 Å². The first kappa shape index (κ1) is 10.4. The molecule has 1 aliphatic rings. The highest BCUT2D eigenvalue weighted by atomic mass is 32.1. The van der Waals surface area contributed by atoms with Crippen LogP contribution in [0.3, 0.4) is 0 Å². The van der Waals surface area contributed by atoms with E-state index in [1.807, 2.05) is 24.6 Å². The Hall–Kier alpha value is -1.73. The predicted molar refractivity (Wildman–Crippen MR) is 66.6 cm³/mol. The molecule has 0 unspecified atom stereocenters. The van der Waals surface area contributed by atoms with Crippen LogP contribution < -0.4 is 0 Å². The lowest BCUT2D eigenvalue weighted by Crippen LogP contribution is -2.05. The molecule has 2 aromatic heterocycles. The van der Waals surface area contributed by atoms with E-state index in [4.69, 9.17) is 0 Å². The number of aromatic nitrogens is 2. The molecule has 84 valence electrons. The first-order chi connectivity index (χ1) is 8.25. The molecule has 3 rings (SSSR count). The third-order valence-electron chi connectivity index (χ3n) is 3.22. The largest absolute Gasteiger partial charge is 0.260 e. The van der Waals surface area contributed by atoms with Crippen molar-refractivity contribution in [1.82, 2.24) is 9.97 Å². The topological polar surface area (TPSA) is 49.6 Å². The van der Waals surface area contributed by atoms with Gasteiger partial charge in [0.1, 0.15) is 0 Å². The lowest BCUT2D eigenvalue weighted by atomic mass is 10.0. The molecule has 0 aromatic carbocycles. The first-order valence-corrected chi connectivity index (χ1v) is 6.41. The smallest absolute Gasteiger partial charge is 0.0994 e. The summed E-state index contributed by atoms with van der Waals surface area (Å²) < 4.78 is 0. The molecule has 0 atom stereocenters. The summed E-state index contributed by atoms with van der Waals surface area (Å²) in [5.41, 5.74) is 4.60. The Kier molecular flexibility index (Phi) is 2.23. The number of pyridine rings is 1. The molecule has 1 fully saturated rings. The summed E-state index contributed by atoms with van der Waals surface area (Å²) in [7, 11) is 0. The minimum absolute atomic E-state index is 0.311. The molecule has 4 heteroatoms. The van der Waals surface area contributed by atoms with Crippen molar-refractivity contribution in [2.75, 3.05) is 0 Å². The molecule has 2 heterocycles. The highest BCUT2D eigenvalue weighted by Gasteiger charge is 2.46. The van der Waals surface area contributed by atoms with Gasteiger partial charge in [0.25, 0.3) is 0 Å². The Morgan fingerprint density at radius 1 is 1.41 bits per heavy atom. The van der Waals surface area contributed by atoms with E-state index in [0.717, 1.165) is 29.8 Å². The third kappa shape index (κ3) is 1.63. The number of thiazole rings is 1. The zero-order valence-corrected chi connectivity index (χ0v) is 10.3. The average Bonchev–Trinajstić information content (AvgIpc) is 3.06. The van der Waals surface area contributed by atoms with Gasteiger partial charge in [-0.1, -0.05) is 0 Å². The van der Waals surface area contributed by atoms with Crippen LogP contribution >= 0.6 is 11.3 Å². The maximum absolute atomic E-state index is 9.19. The van der Waals surface area contributed by atoms with Crippen LogP contribution in [0.2, 0.25) is 0 Å². The molecule has 1 saturated carbocycles. The molecule has 0 spiro atoms. The molecule has 0 amide bonds. The van der Waals surface area contributed by atoms with Crippen molar-refractivity contribution < 1.29 is 0 Å². The van der Waals surface area contributed by atoms with Crippen molar-refractivity contribution in [2.45, 2.75) is 25.2 Å². The van der Waals surface area contributed by atoms with Gasteiger partial charge in [0.15, 0.2) is 0 Å². The lowest BCUT2D eigenvalue weighted by Gasteiger charge is -2.06.